The van der Waals surface area contributed by atoms with Gasteiger partial charge in [0, 0.05) is 27.1 Å². The molecule has 98 valence electrons. The zero-order valence-electron chi connectivity index (χ0n) is 10.7. The van der Waals surface area contributed by atoms with Crippen LogP contribution in [-0.2, 0) is 11.0 Å². The molecule has 0 bridgehead atoms. The van der Waals surface area contributed by atoms with Gasteiger partial charge in [-0.25, -0.2) is 4.21 Å². The molecule has 1 heterocycles. The van der Waals surface area contributed by atoms with Crippen molar-refractivity contribution in [1.82, 2.24) is 0 Å². The Morgan fingerprint density at radius 1 is 1.39 bits per heavy atom. The molecule has 0 aliphatic carbocycles. The number of hydrogen-bond acceptors (Lipinski definition) is 2. The van der Waals surface area contributed by atoms with Gasteiger partial charge in [0.25, 0.3) is 0 Å². The third-order valence-electron chi connectivity index (χ3n) is 2.57. The summed E-state index contributed by atoms with van der Waals surface area (Å²) >= 11 is 5.32. The number of thioether (sulfide) groups is 1. The van der Waals surface area contributed by atoms with Crippen molar-refractivity contribution in [3.63, 3.8) is 0 Å². The minimum Gasteiger partial charge on any atom is -0.234 e. The summed E-state index contributed by atoms with van der Waals surface area (Å²) in [6.07, 6.45) is 0.885. The Morgan fingerprint density at radius 3 is 2.78 bits per heavy atom. The second-order valence-corrected chi connectivity index (χ2v) is 9.10. The first-order valence-electron chi connectivity index (χ1n) is 5.80. The van der Waals surface area contributed by atoms with Crippen LogP contribution in [0.3, 0.4) is 0 Å². The van der Waals surface area contributed by atoms with Crippen molar-refractivity contribution < 1.29 is 4.21 Å². The summed E-state index contributed by atoms with van der Waals surface area (Å²) in [5.41, 5.74) is 2.09. The van der Waals surface area contributed by atoms with Crippen LogP contribution in [0.5, 0.6) is 0 Å². The summed E-state index contributed by atoms with van der Waals surface area (Å²) in [4.78, 5) is 1.23. The van der Waals surface area contributed by atoms with E-state index < -0.39 is 11.0 Å². The van der Waals surface area contributed by atoms with Gasteiger partial charge in [-0.3, -0.25) is 0 Å². The van der Waals surface area contributed by atoms with Gasteiger partial charge in [0.2, 0.25) is 0 Å². The number of nitrogens with zero attached hydrogens (tertiary/aromatic N) is 1. The molecule has 1 atom stereocenters. The molecule has 0 radical (unpaired) electrons. The SMILES string of the molecule is CC(C)(C)[S@@](=O)/N=C1\CCSc2ccc(Br)cc21. The normalized spacial score (nSPS) is 19.7. The van der Waals surface area contributed by atoms with E-state index in [0.717, 1.165) is 27.9 Å². The summed E-state index contributed by atoms with van der Waals surface area (Å²) in [6, 6.07) is 6.20. The molecular formula is C13H16BrNOS2. The molecule has 2 rings (SSSR count). The molecule has 2 nitrogen and oxygen atoms in total. The standard InChI is InChI=1S/C13H16BrNOS2/c1-13(2,3)18(16)15-11-6-7-17-12-5-4-9(14)8-10(11)12/h4-5,8H,6-7H2,1-3H3/b15-11+/t18-/m1/s1. The van der Waals surface area contributed by atoms with Gasteiger partial charge in [0.05, 0.1) is 10.5 Å². The molecule has 0 unspecified atom stereocenters. The lowest BCUT2D eigenvalue weighted by Gasteiger charge is -2.20. The zero-order valence-corrected chi connectivity index (χ0v) is 13.9. The highest BCUT2D eigenvalue weighted by Gasteiger charge is 2.22. The number of hydrogen-bond donors (Lipinski definition) is 0. The second-order valence-electron chi connectivity index (χ2n) is 5.14. The number of benzene rings is 1. The monoisotopic (exact) mass is 345 g/mol. The molecule has 1 aromatic rings. The van der Waals surface area contributed by atoms with Crippen molar-refractivity contribution in [2.45, 2.75) is 36.8 Å². The predicted octanol–water partition coefficient (Wildman–Crippen LogP) is 4.20. The van der Waals surface area contributed by atoms with Crippen LogP contribution >= 0.6 is 27.7 Å². The van der Waals surface area contributed by atoms with E-state index in [2.05, 4.69) is 32.5 Å². The Balaban J connectivity index is 2.41. The molecule has 0 amide bonds. The van der Waals surface area contributed by atoms with E-state index in [0.29, 0.717) is 0 Å². The largest absolute Gasteiger partial charge is 0.234 e. The molecule has 0 fully saturated rings. The smallest absolute Gasteiger partial charge is 0.145 e. The van der Waals surface area contributed by atoms with Gasteiger partial charge in [-0.2, -0.15) is 4.40 Å². The molecule has 0 aromatic heterocycles. The first-order chi connectivity index (χ1) is 8.38. The summed E-state index contributed by atoms with van der Waals surface area (Å²) in [6.45, 7) is 5.85. The van der Waals surface area contributed by atoms with Crippen LogP contribution in [0.1, 0.15) is 32.8 Å². The molecule has 1 aliphatic heterocycles. The summed E-state index contributed by atoms with van der Waals surface area (Å²) in [7, 11) is -1.19. The minimum absolute atomic E-state index is 0.302. The van der Waals surface area contributed by atoms with Gasteiger partial charge >= 0.3 is 0 Å². The van der Waals surface area contributed by atoms with Crippen LogP contribution in [-0.4, -0.2) is 20.4 Å². The highest BCUT2D eigenvalue weighted by Crippen LogP contribution is 2.32. The van der Waals surface area contributed by atoms with E-state index >= 15 is 0 Å². The van der Waals surface area contributed by atoms with Crippen molar-refractivity contribution in [3.05, 3.63) is 28.2 Å². The van der Waals surface area contributed by atoms with E-state index in [1.807, 2.05) is 38.6 Å². The molecule has 18 heavy (non-hydrogen) atoms. The van der Waals surface area contributed by atoms with E-state index in [1.165, 1.54) is 4.90 Å². The first-order valence-corrected chi connectivity index (χ1v) is 8.69. The average Bonchev–Trinajstić information content (AvgIpc) is 2.28. The summed E-state index contributed by atoms with van der Waals surface area (Å²) in [5.74, 6) is 1.01. The van der Waals surface area contributed by atoms with E-state index in [4.69, 9.17) is 0 Å². The minimum atomic E-state index is -1.19. The Morgan fingerprint density at radius 2 is 2.11 bits per heavy atom. The van der Waals surface area contributed by atoms with Crippen LogP contribution < -0.4 is 0 Å². The Bertz CT molecular complexity index is 520. The van der Waals surface area contributed by atoms with Crippen molar-refractivity contribution in [3.8, 4) is 0 Å². The van der Waals surface area contributed by atoms with Crippen molar-refractivity contribution in [1.29, 1.82) is 0 Å². The lowest BCUT2D eigenvalue weighted by molar-refractivity contribution is 0.650. The molecule has 1 aliphatic rings. The first kappa shape index (κ1) is 14.3. The van der Waals surface area contributed by atoms with Gasteiger partial charge in [-0.15, -0.1) is 11.8 Å². The van der Waals surface area contributed by atoms with Crippen molar-refractivity contribution >= 4 is 44.4 Å². The van der Waals surface area contributed by atoms with Crippen LogP contribution in [0.4, 0.5) is 0 Å². The second kappa shape index (κ2) is 5.47. The molecular weight excluding hydrogens is 330 g/mol. The molecule has 0 saturated heterocycles. The van der Waals surface area contributed by atoms with E-state index in [9.17, 15) is 4.21 Å². The fraction of sp³-hybridized carbons (Fsp3) is 0.462. The molecule has 1 aromatic carbocycles. The van der Waals surface area contributed by atoms with Gasteiger partial charge in [-0.05, 0) is 39.0 Å². The average molecular weight is 346 g/mol. The maximum atomic E-state index is 12.1. The van der Waals surface area contributed by atoms with Gasteiger partial charge in [0.15, 0.2) is 0 Å². The van der Waals surface area contributed by atoms with Gasteiger partial charge in [0.1, 0.15) is 11.0 Å². The Kier molecular flexibility index (Phi) is 4.34. The Hall–Kier alpha value is -0.130. The van der Waals surface area contributed by atoms with E-state index in [-0.39, 0.29) is 4.75 Å². The highest BCUT2D eigenvalue weighted by atomic mass is 79.9. The predicted molar refractivity (Wildman–Crippen MR) is 83.9 cm³/mol. The van der Waals surface area contributed by atoms with Crippen LogP contribution in [0, 0.1) is 0 Å². The lowest BCUT2D eigenvalue weighted by Crippen LogP contribution is -2.22. The quantitative estimate of drug-likeness (QED) is 0.763. The summed E-state index contributed by atoms with van der Waals surface area (Å²) < 4.78 is 17.3. The molecule has 0 N–H and O–H groups in total. The zero-order chi connectivity index (χ0) is 13.3. The van der Waals surface area contributed by atoms with E-state index in [1.54, 1.807) is 0 Å². The van der Waals surface area contributed by atoms with Crippen molar-refractivity contribution in [2.24, 2.45) is 4.40 Å². The van der Waals surface area contributed by atoms with Crippen LogP contribution in [0.15, 0.2) is 32.0 Å². The fourth-order valence-corrected chi connectivity index (χ4v) is 3.61. The van der Waals surface area contributed by atoms with Crippen LogP contribution in [0.2, 0.25) is 0 Å². The topological polar surface area (TPSA) is 29.4 Å². The lowest BCUT2D eigenvalue weighted by atomic mass is 10.1. The molecule has 0 saturated carbocycles. The van der Waals surface area contributed by atoms with Crippen LogP contribution in [0.25, 0.3) is 0 Å². The van der Waals surface area contributed by atoms with Crippen molar-refractivity contribution in [2.75, 3.05) is 5.75 Å². The third kappa shape index (κ3) is 3.25. The van der Waals surface area contributed by atoms with Gasteiger partial charge in [-0.1, -0.05) is 15.9 Å². The number of fused-ring (bicyclic) bond motifs is 1. The number of halogens is 1. The molecule has 0 spiro atoms. The third-order valence-corrected chi connectivity index (χ3v) is 5.57. The maximum Gasteiger partial charge on any atom is 0.145 e. The fourth-order valence-electron chi connectivity index (χ4n) is 1.58. The van der Waals surface area contributed by atoms with Gasteiger partial charge < -0.3 is 0 Å². The highest BCUT2D eigenvalue weighted by molar-refractivity contribution is 9.10. The maximum absolute atomic E-state index is 12.1. The Labute approximate surface area is 123 Å². The number of rotatable bonds is 1. The molecule has 5 heteroatoms. The summed E-state index contributed by atoms with van der Waals surface area (Å²) in [5, 5.41) is 0.